The number of quaternary nitrogens is 1. The molecule has 0 aromatic rings. The summed E-state index contributed by atoms with van der Waals surface area (Å²) in [5.74, 6) is 7.93. The SMILES string of the molecule is CCCCCCCCCCCCCCOC[C@H](COP(=O)([O-])OCC[N+](C)(C)C)OCCCCCCCCC1CCC2C(C1)C1C3CCC3C21. The Morgan fingerprint density at radius 3 is 1.74 bits per heavy atom. The molecule has 4 fully saturated rings. The van der Waals surface area contributed by atoms with Gasteiger partial charge in [0.05, 0.1) is 34.4 Å². The summed E-state index contributed by atoms with van der Waals surface area (Å²) in [6.07, 6.45) is 32.0. The molecule has 50 heavy (non-hydrogen) atoms. The number of phosphoric ester groups is 1. The molecule has 294 valence electrons. The molecule has 0 aromatic heterocycles. The maximum atomic E-state index is 12.4. The third kappa shape index (κ3) is 15.0. The number of fused-ring (bicyclic) bond motifs is 7. The summed E-state index contributed by atoms with van der Waals surface area (Å²) in [6.45, 7) is 4.54. The van der Waals surface area contributed by atoms with Gasteiger partial charge in [0, 0.05) is 13.2 Å². The Labute approximate surface area is 308 Å². The highest BCUT2D eigenvalue weighted by Gasteiger charge is 2.68. The molecule has 4 aliphatic carbocycles. The number of unbranched alkanes of at least 4 members (excludes halogenated alkanes) is 16. The second-order valence-corrected chi connectivity index (χ2v) is 19.4. The molecule has 4 rings (SSSR count). The van der Waals surface area contributed by atoms with Gasteiger partial charge >= 0.3 is 0 Å². The van der Waals surface area contributed by atoms with Crippen LogP contribution < -0.4 is 4.89 Å². The first-order chi connectivity index (χ1) is 24.2. The smallest absolute Gasteiger partial charge is 0.268 e. The minimum Gasteiger partial charge on any atom is -0.756 e. The lowest BCUT2D eigenvalue weighted by atomic mass is 9.30. The van der Waals surface area contributed by atoms with Crippen molar-refractivity contribution >= 4 is 7.82 Å². The average Bonchev–Trinajstić information content (AvgIpc) is 3.06. The second-order valence-electron chi connectivity index (χ2n) is 18.0. The van der Waals surface area contributed by atoms with E-state index in [1.807, 2.05) is 21.1 Å². The summed E-state index contributed by atoms with van der Waals surface area (Å²) in [7, 11) is 1.63. The number of hydrogen-bond acceptors (Lipinski definition) is 6. The van der Waals surface area contributed by atoms with Gasteiger partial charge in [0.25, 0.3) is 7.82 Å². The second kappa shape index (κ2) is 23.0. The van der Waals surface area contributed by atoms with Crippen LogP contribution in [0.5, 0.6) is 0 Å². The van der Waals surface area contributed by atoms with Crippen molar-refractivity contribution in [3.63, 3.8) is 0 Å². The largest absolute Gasteiger partial charge is 0.756 e. The predicted molar refractivity (Wildman–Crippen MR) is 204 cm³/mol. The zero-order chi connectivity index (χ0) is 35.7. The van der Waals surface area contributed by atoms with E-state index in [-0.39, 0.29) is 13.2 Å². The highest BCUT2D eigenvalue weighted by Crippen LogP contribution is 2.74. The Morgan fingerprint density at radius 1 is 0.620 bits per heavy atom. The van der Waals surface area contributed by atoms with Crippen LogP contribution in [0.3, 0.4) is 0 Å². The fourth-order valence-electron chi connectivity index (χ4n) is 10.0. The fraction of sp³-hybridized carbons (Fsp3) is 1.00. The van der Waals surface area contributed by atoms with Gasteiger partial charge in [-0.25, -0.2) is 0 Å². The van der Waals surface area contributed by atoms with E-state index in [1.165, 1.54) is 121 Å². The van der Waals surface area contributed by atoms with Crippen molar-refractivity contribution < 1.29 is 32.5 Å². The van der Waals surface area contributed by atoms with Crippen LogP contribution >= 0.6 is 7.82 Å². The number of hydrogen-bond donors (Lipinski definition) is 0. The summed E-state index contributed by atoms with van der Waals surface area (Å²) in [5.41, 5.74) is 0. The minimum atomic E-state index is -4.38. The van der Waals surface area contributed by atoms with Crippen molar-refractivity contribution in [1.29, 1.82) is 0 Å². The van der Waals surface area contributed by atoms with Crippen molar-refractivity contribution in [2.45, 2.75) is 167 Å². The quantitative estimate of drug-likeness (QED) is 0.0390. The minimum absolute atomic E-state index is 0.0605. The number of likely N-dealkylation sites (N-methyl/N-ethyl adjacent to an activating group) is 1. The number of phosphoric acid groups is 1. The van der Waals surface area contributed by atoms with Crippen LogP contribution in [0.4, 0.5) is 0 Å². The molecule has 8 heteroatoms. The lowest BCUT2D eigenvalue weighted by molar-refractivity contribution is -0.870. The summed E-state index contributed by atoms with van der Waals surface area (Å²) in [5, 5.41) is 0. The van der Waals surface area contributed by atoms with E-state index in [9.17, 15) is 9.46 Å². The molecule has 0 bridgehead atoms. The van der Waals surface area contributed by atoms with Crippen LogP contribution in [-0.4, -0.2) is 71.3 Å². The Kier molecular flexibility index (Phi) is 19.7. The molecule has 0 N–H and O–H groups in total. The Morgan fingerprint density at radius 2 is 1.14 bits per heavy atom. The Balaban J connectivity index is 1.000. The van der Waals surface area contributed by atoms with Gasteiger partial charge in [-0.15, -0.1) is 0 Å². The molecule has 0 aromatic carbocycles. The highest BCUT2D eigenvalue weighted by atomic mass is 31.2. The fourth-order valence-corrected chi connectivity index (χ4v) is 10.8. The summed E-state index contributed by atoms with van der Waals surface area (Å²) in [6, 6.07) is 0. The van der Waals surface area contributed by atoms with Gasteiger partial charge in [0.2, 0.25) is 0 Å². The predicted octanol–water partition coefficient (Wildman–Crippen LogP) is 10.3. The van der Waals surface area contributed by atoms with Gasteiger partial charge in [0.1, 0.15) is 19.3 Å². The van der Waals surface area contributed by atoms with E-state index in [1.54, 1.807) is 25.7 Å². The molecular weight excluding hydrogens is 645 g/mol. The van der Waals surface area contributed by atoms with E-state index < -0.39 is 13.9 Å². The lowest BCUT2D eigenvalue weighted by Crippen LogP contribution is -2.69. The molecule has 0 heterocycles. The molecule has 0 aliphatic heterocycles. The van der Waals surface area contributed by atoms with Crippen molar-refractivity contribution in [3.05, 3.63) is 0 Å². The van der Waals surface area contributed by atoms with Gasteiger partial charge in [-0.2, -0.15) is 0 Å². The zero-order valence-corrected chi connectivity index (χ0v) is 34.1. The van der Waals surface area contributed by atoms with E-state index in [2.05, 4.69) is 6.92 Å². The first kappa shape index (κ1) is 42.7. The number of ether oxygens (including phenoxy) is 2. The molecule has 4 aliphatic rings. The molecule has 9 atom stereocenters. The molecule has 0 saturated heterocycles. The van der Waals surface area contributed by atoms with Crippen LogP contribution in [0.15, 0.2) is 0 Å². The van der Waals surface area contributed by atoms with Crippen molar-refractivity contribution in [2.75, 3.05) is 60.7 Å². The molecule has 8 unspecified atom stereocenters. The molecule has 0 spiro atoms. The van der Waals surface area contributed by atoms with Crippen LogP contribution in [0, 0.1) is 41.4 Å². The molecule has 4 saturated carbocycles. The maximum Gasteiger partial charge on any atom is 0.268 e. The third-order valence-electron chi connectivity index (χ3n) is 13.1. The van der Waals surface area contributed by atoms with E-state index in [4.69, 9.17) is 18.5 Å². The molecule has 0 amide bonds. The van der Waals surface area contributed by atoms with Crippen molar-refractivity contribution in [2.24, 2.45) is 41.4 Å². The molecule has 0 radical (unpaired) electrons. The van der Waals surface area contributed by atoms with Crippen molar-refractivity contribution in [1.82, 2.24) is 0 Å². The van der Waals surface area contributed by atoms with E-state index in [0.29, 0.717) is 30.8 Å². The third-order valence-corrected chi connectivity index (χ3v) is 14.1. The van der Waals surface area contributed by atoms with Crippen LogP contribution in [0.2, 0.25) is 0 Å². The zero-order valence-electron chi connectivity index (χ0n) is 33.2. The summed E-state index contributed by atoms with van der Waals surface area (Å²) >= 11 is 0. The van der Waals surface area contributed by atoms with E-state index in [0.717, 1.165) is 48.9 Å². The number of rotatable bonds is 32. The monoisotopic (exact) mass is 726 g/mol. The highest BCUT2D eigenvalue weighted by molar-refractivity contribution is 7.45. The topological polar surface area (TPSA) is 77.1 Å². The molecule has 7 nitrogen and oxygen atoms in total. The first-order valence-electron chi connectivity index (χ1n) is 21.8. The van der Waals surface area contributed by atoms with Crippen LogP contribution in [0.1, 0.15) is 161 Å². The molecular formula is C42H80NO6P. The Hall–Kier alpha value is -0.0100. The van der Waals surface area contributed by atoms with Gasteiger partial charge in [-0.1, -0.05) is 122 Å². The van der Waals surface area contributed by atoms with Crippen molar-refractivity contribution in [3.8, 4) is 0 Å². The summed E-state index contributed by atoms with van der Waals surface area (Å²) < 4.78 is 35.5. The summed E-state index contributed by atoms with van der Waals surface area (Å²) in [4.78, 5) is 12.4. The lowest BCUT2D eigenvalue weighted by Gasteiger charge is -2.74. The maximum absolute atomic E-state index is 12.4. The van der Waals surface area contributed by atoms with Crippen LogP contribution in [0.25, 0.3) is 0 Å². The van der Waals surface area contributed by atoms with Gasteiger partial charge in [-0.3, -0.25) is 4.57 Å². The normalized spacial score (nSPS) is 28.8. The standard InChI is InChI=1S/C42H80NO6P/c1-5-6-7-8-9-10-11-12-13-15-18-21-29-46-33-36(34-49-50(44,45)48-31-28-43(2,3)4)47-30-22-19-16-14-17-20-23-35-24-25-39-40(32-35)42-38-27-26-37(38)41(39)42/h35-42H,5-34H2,1-4H3/t35?,36-,37?,38?,39?,40?,41?,42?/m1/s1. The number of nitrogens with zero attached hydrogens (tertiary/aromatic N) is 1. The first-order valence-corrected chi connectivity index (χ1v) is 23.2. The Bertz CT molecular complexity index is 938. The van der Waals surface area contributed by atoms with Crippen LogP contribution in [-0.2, 0) is 23.1 Å². The van der Waals surface area contributed by atoms with Gasteiger partial charge < -0.3 is 27.9 Å². The van der Waals surface area contributed by atoms with Gasteiger partial charge in [0.15, 0.2) is 0 Å². The average molecular weight is 726 g/mol. The van der Waals surface area contributed by atoms with E-state index >= 15 is 0 Å². The van der Waals surface area contributed by atoms with Gasteiger partial charge in [-0.05, 0) is 80.0 Å².